The summed E-state index contributed by atoms with van der Waals surface area (Å²) < 4.78 is 48.2. The van der Waals surface area contributed by atoms with Gasteiger partial charge in [0.1, 0.15) is 5.69 Å². The number of rotatable bonds is 5. The first-order valence-electron chi connectivity index (χ1n) is 7.57. The van der Waals surface area contributed by atoms with Crippen LogP contribution in [0.1, 0.15) is 28.9 Å². The fourth-order valence-electron chi connectivity index (χ4n) is 2.23. The molecule has 0 N–H and O–H groups in total. The molecule has 0 bridgehead atoms. The number of hydrogen-bond donors (Lipinski definition) is 0. The van der Waals surface area contributed by atoms with Crippen molar-refractivity contribution in [2.45, 2.75) is 19.6 Å². The van der Waals surface area contributed by atoms with E-state index in [0.29, 0.717) is 17.8 Å². The van der Waals surface area contributed by atoms with Gasteiger partial charge in [-0.15, -0.1) is 0 Å². The van der Waals surface area contributed by atoms with Gasteiger partial charge < -0.3 is 9.26 Å². The van der Waals surface area contributed by atoms with Crippen LogP contribution in [0, 0.1) is 0 Å². The number of aromatic nitrogens is 4. The van der Waals surface area contributed by atoms with Crippen molar-refractivity contribution in [1.29, 1.82) is 0 Å². The molecule has 0 amide bonds. The van der Waals surface area contributed by atoms with Crippen LogP contribution in [0.5, 0.6) is 0 Å². The fourth-order valence-corrected chi connectivity index (χ4v) is 2.23. The zero-order valence-electron chi connectivity index (χ0n) is 13.5. The van der Waals surface area contributed by atoms with Gasteiger partial charge in [0.15, 0.2) is 0 Å². The third-order valence-electron chi connectivity index (χ3n) is 3.41. The maximum absolute atomic E-state index is 12.5. The number of carbonyl (C=O) groups excluding carboxylic acids is 1. The van der Waals surface area contributed by atoms with Crippen LogP contribution in [0.2, 0.25) is 0 Å². The average Bonchev–Trinajstić information content (AvgIpc) is 3.24. The summed E-state index contributed by atoms with van der Waals surface area (Å²) >= 11 is 0. The predicted molar refractivity (Wildman–Crippen MR) is 82.0 cm³/mol. The fraction of sp³-hybridized carbons (Fsp3) is 0.250. The third-order valence-corrected chi connectivity index (χ3v) is 3.41. The summed E-state index contributed by atoms with van der Waals surface area (Å²) in [5, 5.41) is 7.41. The van der Waals surface area contributed by atoms with E-state index >= 15 is 0 Å². The Kier molecular flexibility index (Phi) is 4.74. The summed E-state index contributed by atoms with van der Waals surface area (Å²) in [7, 11) is 0. The highest BCUT2D eigenvalue weighted by Gasteiger charge is 2.38. The monoisotopic (exact) mass is 366 g/mol. The van der Waals surface area contributed by atoms with E-state index in [9.17, 15) is 18.0 Å². The van der Waals surface area contributed by atoms with E-state index in [-0.39, 0.29) is 12.4 Å². The molecule has 3 rings (SSSR count). The van der Waals surface area contributed by atoms with Crippen LogP contribution in [0.3, 0.4) is 0 Å². The van der Waals surface area contributed by atoms with Gasteiger partial charge in [0.05, 0.1) is 13.2 Å². The lowest BCUT2D eigenvalue weighted by Crippen LogP contribution is -2.14. The summed E-state index contributed by atoms with van der Waals surface area (Å²) in [5.41, 5.74) is 1.46. The van der Waals surface area contributed by atoms with Crippen LogP contribution in [0.15, 0.2) is 41.1 Å². The number of carbonyl (C=O) groups is 1. The number of ether oxygens (including phenoxy) is 1. The van der Waals surface area contributed by atoms with Gasteiger partial charge in [-0.1, -0.05) is 29.4 Å². The zero-order chi connectivity index (χ0) is 18.7. The topological polar surface area (TPSA) is 83.0 Å². The lowest BCUT2D eigenvalue weighted by atomic mass is 10.1. The number of halogens is 3. The second-order valence-corrected chi connectivity index (χ2v) is 5.21. The van der Waals surface area contributed by atoms with Gasteiger partial charge in [-0.25, -0.2) is 4.79 Å². The molecule has 26 heavy (non-hydrogen) atoms. The maximum Gasteiger partial charge on any atom is 0.471 e. The number of alkyl halides is 3. The summed E-state index contributed by atoms with van der Waals surface area (Å²) in [5.74, 6) is -2.03. The number of hydrogen-bond acceptors (Lipinski definition) is 6. The molecule has 7 nitrogen and oxygen atoms in total. The number of benzene rings is 1. The molecule has 0 aliphatic rings. The van der Waals surface area contributed by atoms with Crippen molar-refractivity contribution in [3.8, 4) is 11.4 Å². The molecule has 0 radical (unpaired) electrons. The summed E-state index contributed by atoms with van der Waals surface area (Å²) in [6.45, 7) is 2.25. The molecule has 10 heteroatoms. The van der Waals surface area contributed by atoms with E-state index in [0.717, 1.165) is 5.56 Å². The van der Waals surface area contributed by atoms with Crippen LogP contribution in [0.4, 0.5) is 13.2 Å². The van der Waals surface area contributed by atoms with E-state index in [4.69, 9.17) is 4.74 Å². The molecule has 2 heterocycles. The van der Waals surface area contributed by atoms with Crippen molar-refractivity contribution in [2.24, 2.45) is 0 Å². The Labute approximate surface area is 145 Å². The zero-order valence-corrected chi connectivity index (χ0v) is 13.5. The smallest absolute Gasteiger partial charge is 0.461 e. The molecule has 0 atom stereocenters. The highest BCUT2D eigenvalue weighted by molar-refractivity contribution is 5.87. The normalized spacial score (nSPS) is 11.5. The van der Waals surface area contributed by atoms with Crippen molar-refractivity contribution >= 4 is 5.97 Å². The molecular formula is C16H13F3N4O3. The van der Waals surface area contributed by atoms with Crippen molar-refractivity contribution in [2.75, 3.05) is 6.61 Å². The number of nitrogens with zero attached hydrogens (tertiary/aromatic N) is 4. The Morgan fingerprint density at radius 3 is 2.58 bits per heavy atom. The van der Waals surface area contributed by atoms with E-state index in [1.807, 2.05) is 0 Å². The second-order valence-electron chi connectivity index (χ2n) is 5.21. The lowest BCUT2D eigenvalue weighted by Gasteiger charge is -2.07. The Morgan fingerprint density at radius 2 is 1.96 bits per heavy atom. The highest BCUT2D eigenvalue weighted by Crippen LogP contribution is 2.29. The minimum absolute atomic E-state index is 0.157. The molecule has 0 saturated carbocycles. The average molecular weight is 366 g/mol. The van der Waals surface area contributed by atoms with Gasteiger partial charge in [-0.05, 0) is 18.6 Å². The van der Waals surface area contributed by atoms with Crippen molar-refractivity contribution in [3.63, 3.8) is 0 Å². The molecule has 3 aromatic rings. The molecular weight excluding hydrogens is 353 g/mol. The van der Waals surface area contributed by atoms with E-state index < -0.39 is 18.0 Å². The molecule has 2 aromatic heterocycles. The van der Waals surface area contributed by atoms with Crippen molar-refractivity contribution < 1.29 is 27.2 Å². The van der Waals surface area contributed by atoms with E-state index in [2.05, 4.69) is 19.8 Å². The third kappa shape index (κ3) is 3.73. The van der Waals surface area contributed by atoms with Crippen LogP contribution in [-0.4, -0.2) is 32.5 Å². The SMILES string of the molecule is CCOC(=O)c1ccnn1Cc1ccc(-c2noc(C(F)(F)F)n2)cc1. The summed E-state index contributed by atoms with van der Waals surface area (Å²) in [6, 6.07) is 8.03. The molecule has 0 unspecified atom stereocenters. The predicted octanol–water partition coefficient (Wildman–Crippen LogP) is 3.18. The highest BCUT2D eigenvalue weighted by atomic mass is 19.4. The molecule has 0 spiro atoms. The summed E-state index contributed by atoms with van der Waals surface area (Å²) in [4.78, 5) is 15.2. The van der Waals surface area contributed by atoms with Crippen molar-refractivity contribution in [1.82, 2.24) is 19.9 Å². The summed E-state index contributed by atoms with van der Waals surface area (Å²) in [6.07, 6.45) is -3.20. The Morgan fingerprint density at radius 1 is 1.23 bits per heavy atom. The van der Waals surface area contributed by atoms with Gasteiger partial charge in [-0.2, -0.15) is 23.3 Å². The Bertz CT molecular complexity index is 900. The van der Waals surface area contributed by atoms with Crippen LogP contribution in [-0.2, 0) is 17.5 Å². The first-order valence-corrected chi connectivity index (χ1v) is 7.57. The molecule has 0 aliphatic carbocycles. The van der Waals surface area contributed by atoms with Crippen molar-refractivity contribution in [3.05, 3.63) is 53.7 Å². The van der Waals surface area contributed by atoms with Crippen LogP contribution >= 0.6 is 0 Å². The van der Waals surface area contributed by atoms with E-state index in [1.54, 1.807) is 37.3 Å². The maximum atomic E-state index is 12.5. The lowest BCUT2D eigenvalue weighted by molar-refractivity contribution is -0.159. The van der Waals surface area contributed by atoms with Gasteiger partial charge in [0, 0.05) is 11.8 Å². The first kappa shape index (κ1) is 17.6. The quantitative estimate of drug-likeness (QED) is 0.645. The molecule has 0 aliphatic heterocycles. The first-order chi connectivity index (χ1) is 12.4. The molecule has 136 valence electrons. The Balaban J connectivity index is 1.76. The van der Waals surface area contributed by atoms with Crippen LogP contribution in [0.25, 0.3) is 11.4 Å². The second kappa shape index (κ2) is 6.98. The molecule has 1 aromatic carbocycles. The molecule has 0 fully saturated rings. The standard InChI is InChI=1S/C16H13F3N4O3/c1-2-25-14(24)12-7-8-20-23(12)9-10-3-5-11(6-4-10)13-21-15(26-22-13)16(17,18)19/h3-8H,2,9H2,1H3. The van der Waals surface area contributed by atoms with E-state index in [1.165, 1.54) is 10.9 Å². The largest absolute Gasteiger partial charge is 0.471 e. The minimum atomic E-state index is -4.69. The molecule has 0 saturated heterocycles. The minimum Gasteiger partial charge on any atom is -0.461 e. The van der Waals surface area contributed by atoms with Crippen LogP contribution < -0.4 is 0 Å². The van der Waals surface area contributed by atoms with Gasteiger partial charge in [0.2, 0.25) is 5.82 Å². The van der Waals surface area contributed by atoms with Gasteiger partial charge in [-0.3, -0.25) is 4.68 Å². The number of esters is 1. The Hall–Kier alpha value is -3.17. The van der Waals surface area contributed by atoms with Gasteiger partial charge >= 0.3 is 18.0 Å². The van der Waals surface area contributed by atoms with Gasteiger partial charge in [0.25, 0.3) is 0 Å².